The van der Waals surface area contributed by atoms with Gasteiger partial charge in [0, 0.05) is 38.3 Å². The first-order valence-corrected chi connectivity index (χ1v) is 22.3. The van der Waals surface area contributed by atoms with Crippen molar-refractivity contribution in [3.63, 3.8) is 0 Å². The predicted octanol–water partition coefficient (Wildman–Crippen LogP) is 11.0. The number of fused-ring (bicyclic) bond motifs is 10. The topological polar surface area (TPSA) is 46.8 Å². The van der Waals surface area contributed by atoms with Gasteiger partial charge in [0.15, 0.2) is 8.07 Å². The van der Waals surface area contributed by atoms with E-state index >= 15 is 0 Å². The second kappa shape index (κ2) is 13.3. The van der Waals surface area contributed by atoms with Crippen molar-refractivity contribution < 1.29 is 4.42 Å². The van der Waals surface area contributed by atoms with Crippen molar-refractivity contribution in [1.29, 1.82) is 5.26 Å². The van der Waals surface area contributed by atoms with E-state index < -0.39 is 8.07 Å². The van der Waals surface area contributed by atoms with E-state index in [1.165, 1.54) is 26.1 Å². The van der Waals surface area contributed by atoms with Crippen LogP contribution in [0.15, 0.2) is 217 Å². The Morgan fingerprint density at radius 2 is 0.950 bits per heavy atom. The van der Waals surface area contributed by atoms with Crippen LogP contribution in [-0.4, -0.2) is 17.2 Å². The lowest BCUT2D eigenvalue weighted by molar-refractivity contribution is 0.673. The number of furan rings is 1. The highest BCUT2D eigenvalue weighted by atomic mass is 28.3. The number of hydrogen-bond acceptors (Lipinski definition) is 2. The number of para-hydroxylation sites is 3. The second-order valence-corrected chi connectivity index (χ2v) is 19.4. The number of nitriles is 1. The van der Waals surface area contributed by atoms with Gasteiger partial charge in [0.25, 0.3) is 0 Å². The number of rotatable bonds is 6. The molecule has 0 bridgehead atoms. The zero-order valence-electron chi connectivity index (χ0n) is 32.5. The molecule has 9 aromatic carbocycles. The van der Waals surface area contributed by atoms with Gasteiger partial charge in [-0.25, -0.2) is 0 Å². The van der Waals surface area contributed by atoms with Crippen LogP contribution < -0.4 is 20.7 Å². The van der Waals surface area contributed by atoms with Crippen molar-refractivity contribution in [3.8, 4) is 17.4 Å². The molecule has 0 saturated carbocycles. The molecule has 0 atom stereocenters. The summed E-state index contributed by atoms with van der Waals surface area (Å²) in [6.07, 6.45) is 0. The molecule has 280 valence electrons. The minimum absolute atomic E-state index is 0.658. The third-order valence-corrected chi connectivity index (χ3v) is 17.3. The summed E-state index contributed by atoms with van der Waals surface area (Å²) in [5, 5.41) is 21.8. The molecule has 0 aliphatic carbocycles. The Bertz CT molecular complexity index is 3630. The summed E-state index contributed by atoms with van der Waals surface area (Å²) in [4.78, 5) is 0. The second-order valence-electron chi connectivity index (χ2n) is 15.6. The fourth-order valence-corrected chi connectivity index (χ4v) is 14.7. The van der Waals surface area contributed by atoms with E-state index in [1.807, 2.05) is 18.2 Å². The molecule has 60 heavy (non-hydrogen) atoms. The van der Waals surface area contributed by atoms with Crippen LogP contribution >= 0.6 is 0 Å². The van der Waals surface area contributed by atoms with E-state index in [-0.39, 0.29) is 0 Å². The molecule has 3 heterocycles. The van der Waals surface area contributed by atoms with Crippen LogP contribution in [0.2, 0.25) is 0 Å². The lowest BCUT2D eigenvalue weighted by atomic mass is 10.1. The highest BCUT2D eigenvalue weighted by molar-refractivity contribution is 7.19. The van der Waals surface area contributed by atoms with Gasteiger partial charge in [-0.3, -0.25) is 0 Å². The van der Waals surface area contributed by atoms with E-state index in [2.05, 4.69) is 209 Å². The average molecular weight is 782 g/mol. The highest BCUT2D eigenvalue weighted by Gasteiger charge is 2.41. The first-order valence-electron chi connectivity index (χ1n) is 20.3. The number of hydrogen-bond donors (Lipinski definition) is 0. The first-order chi connectivity index (χ1) is 29.7. The normalized spacial score (nSPS) is 12.0. The van der Waals surface area contributed by atoms with Gasteiger partial charge in [0.2, 0.25) is 0 Å². The van der Waals surface area contributed by atoms with Gasteiger partial charge in [-0.1, -0.05) is 140 Å². The van der Waals surface area contributed by atoms with Gasteiger partial charge in [0.05, 0.1) is 39.1 Å². The molecule has 0 amide bonds. The van der Waals surface area contributed by atoms with Crippen LogP contribution in [0.4, 0.5) is 0 Å². The van der Waals surface area contributed by atoms with E-state index in [9.17, 15) is 5.26 Å². The maximum absolute atomic E-state index is 9.81. The summed E-state index contributed by atoms with van der Waals surface area (Å²) in [6.45, 7) is 0. The Morgan fingerprint density at radius 1 is 0.383 bits per heavy atom. The third kappa shape index (κ3) is 4.89. The Kier molecular flexibility index (Phi) is 7.58. The maximum atomic E-state index is 9.81. The number of aromatic nitrogens is 2. The van der Waals surface area contributed by atoms with Crippen LogP contribution in [0.1, 0.15) is 5.56 Å². The average Bonchev–Trinajstić information content (AvgIpc) is 3.98. The van der Waals surface area contributed by atoms with Gasteiger partial charge in [-0.05, 0) is 93.5 Å². The molecule has 0 saturated heterocycles. The molecule has 0 aliphatic heterocycles. The monoisotopic (exact) mass is 781 g/mol. The summed E-state index contributed by atoms with van der Waals surface area (Å²) >= 11 is 0. The Labute approximate surface area is 347 Å². The fourth-order valence-electron chi connectivity index (χ4n) is 9.95. The molecule has 0 N–H and O–H groups in total. The molecule has 0 fully saturated rings. The summed E-state index contributed by atoms with van der Waals surface area (Å²) < 4.78 is 11.3. The predicted molar refractivity (Wildman–Crippen MR) is 251 cm³/mol. The van der Waals surface area contributed by atoms with Crippen LogP contribution in [0, 0.1) is 11.3 Å². The molecule has 0 aliphatic rings. The Balaban J connectivity index is 1.10. The molecule has 12 aromatic rings. The van der Waals surface area contributed by atoms with Gasteiger partial charge >= 0.3 is 0 Å². The lowest BCUT2D eigenvalue weighted by Crippen LogP contribution is -2.74. The number of nitrogens with zero attached hydrogens (tertiary/aromatic N) is 3. The van der Waals surface area contributed by atoms with Crippen molar-refractivity contribution in [2.45, 2.75) is 0 Å². The van der Waals surface area contributed by atoms with Crippen molar-refractivity contribution in [1.82, 2.24) is 9.13 Å². The zero-order valence-corrected chi connectivity index (χ0v) is 33.5. The molecular weight excluding hydrogens is 747 g/mol. The maximum Gasteiger partial charge on any atom is 0.179 e. The highest BCUT2D eigenvalue weighted by Crippen LogP contribution is 2.40. The molecule has 4 nitrogen and oxygen atoms in total. The summed E-state index contributed by atoms with van der Waals surface area (Å²) in [6, 6.07) is 79.0. The molecule has 0 unspecified atom stereocenters. The van der Waals surface area contributed by atoms with E-state index in [0.717, 1.165) is 71.5 Å². The molecule has 0 spiro atoms. The third-order valence-electron chi connectivity index (χ3n) is 12.5. The van der Waals surface area contributed by atoms with E-state index in [0.29, 0.717) is 5.56 Å². The van der Waals surface area contributed by atoms with Crippen LogP contribution in [-0.2, 0) is 0 Å². The zero-order chi connectivity index (χ0) is 39.8. The van der Waals surface area contributed by atoms with E-state index in [1.54, 1.807) is 0 Å². The van der Waals surface area contributed by atoms with Gasteiger partial charge in [-0.2, -0.15) is 5.26 Å². The lowest BCUT2D eigenvalue weighted by Gasteiger charge is -2.35. The van der Waals surface area contributed by atoms with Crippen molar-refractivity contribution >= 4 is 94.4 Å². The summed E-state index contributed by atoms with van der Waals surface area (Å²) in [5.74, 6) is 0. The first kappa shape index (κ1) is 34.2. The Morgan fingerprint density at radius 3 is 1.68 bits per heavy atom. The fraction of sp³-hybridized carbons (Fsp3) is 0. The Hall–Kier alpha value is -7.91. The molecule has 5 heteroatoms. The van der Waals surface area contributed by atoms with Crippen molar-refractivity contribution in [2.24, 2.45) is 0 Å². The van der Waals surface area contributed by atoms with Gasteiger partial charge in [-0.15, -0.1) is 0 Å². The van der Waals surface area contributed by atoms with Crippen molar-refractivity contribution in [3.05, 3.63) is 218 Å². The standard InChI is InChI=1S/C55H35N3OSi/c56-36-37-26-32-51-48(34-37)44-20-7-10-23-49(44)58(51)39-14-13-19-43(35-39)60(40-15-3-1-4-16-40,41-17-5-2-6-18-41)42-29-27-38(28-30-42)57-50-24-11-8-22-47(50)54-52(57)33-31-46-45-21-9-12-25-53(45)59-55(46)54/h1-35H. The molecular formula is C55H35N3OSi. The smallest absolute Gasteiger partial charge is 0.179 e. The molecule has 3 aromatic heterocycles. The SMILES string of the molecule is N#Cc1ccc2c(c1)c1ccccc1n2-c1cccc([Si](c2ccccc2)(c2ccccc2)c2ccc(-n3c4ccccc4c4c5oc6ccccc6c5ccc43)cc2)c1. The van der Waals surface area contributed by atoms with Gasteiger partial charge < -0.3 is 13.6 Å². The van der Waals surface area contributed by atoms with Gasteiger partial charge in [0.1, 0.15) is 11.2 Å². The summed E-state index contributed by atoms with van der Waals surface area (Å²) in [5.41, 5.74) is 9.12. The molecule has 0 radical (unpaired) electrons. The van der Waals surface area contributed by atoms with E-state index in [4.69, 9.17) is 4.42 Å². The minimum Gasteiger partial charge on any atom is -0.455 e. The number of benzene rings is 9. The van der Waals surface area contributed by atoms with Crippen LogP contribution in [0.5, 0.6) is 0 Å². The van der Waals surface area contributed by atoms with Crippen LogP contribution in [0.25, 0.3) is 76.9 Å². The van der Waals surface area contributed by atoms with Crippen LogP contribution in [0.3, 0.4) is 0 Å². The van der Waals surface area contributed by atoms with Crippen molar-refractivity contribution in [2.75, 3.05) is 0 Å². The quantitative estimate of drug-likeness (QED) is 0.125. The minimum atomic E-state index is -2.94. The largest absolute Gasteiger partial charge is 0.455 e. The molecule has 12 rings (SSSR count). The summed E-state index contributed by atoms with van der Waals surface area (Å²) in [7, 11) is -2.94.